The van der Waals surface area contributed by atoms with Crippen molar-refractivity contribution in [1.82, 2.24) is 20.2 Å². The van der Waals surface area contributed by atoms with Crippen molar-refractivity contribution in [2.45, 2.75) is 12.1 Å². The molecule has 0 aliphatic carbocycles. The third-order valence-electron chi connectivity index (χ3n) is 4.63. The van der Waals surface area contributed by atoms with Crippen LogP contribution in [0.25, 0.3) is 5.69 Å². The molecular formula is C24H22N6O3S. The van der Waals surface area contributed by atoms with Crippen molar-refractivity contribution in [3.63, 3.8) is 0 Å². The van der Waals surface area contributed by atoms with Crippen LogP contribution in [0.5, 0.6) is 5.75 Å². The molecule has 34 heavy (non-hydrogen) atoms. The summed E-state index contributed by atoms with van der Waals surface area (Å²) in [6, 6.07) is 23.3. The standard InChI is InChI=1S/C24H22N6O3S/c1-2-33-21-14-12-19(13-15-21)26-23(32)17-8-10-18(11-9-17)25-22(31)16-34-24-27-28-29-30(24)20-6-4-3-5-7-20/h3-15H,2,16H2,1H3,(H,25,31)(H,26,32). The molecule has 0 aliphatic rings. The molecular weight excluding hydrogens is 452 g/mol. The van der Waals surface area contributed by atoms with Gasteiger partial charge >= 0.3 is 0 Å². The summed E-state index contributed by atoms with van der Waals surface area (Å²) in [5.74, 6) is 0.424. The second kappa shape index (κ2) is 11.1. The number of ether oxygens (including phenoxy) is 1. The minimum absolute atomic E-state index is 0.132. The van der Waals surface area contributed by atoms with Crippen LogP contribution in [-0.2, 0) is 4.79 Å². The number of aromatic nitrogens is 4. The molecule has 1 aromatic heterocycles. The Morgan fingerprint density at radius 3 is 2.29 bits per heavy atom. The number of nitrogens with zero attached hydrogens (tertiary/aromatic N) is 4. The third kappa shape index (κ3) is 5.99. The fraction of sp³-hybridized carbons (Fsp3) is 0.125. The van der Waals surface area contributed by atoms with Gasteiger partial charge < -0.3 is 15.4 Å². The van der Waals surface area contributed by atoms with Crippen molar-refractivity contribution in [2.75, 3.05) is 23.0 Å². The lowest BCUT2D eigenvalue weighted by molar-refractivity contribution is -0.113. The first kappa shape index (κ1) is 23.0. The number of hydrogen-bond donors (Lipinski definition) is 2. The topological polar surface area (TPSA) is 111 Å². The Hall–Kier alpha value is -4.18. The molecule has 9 nitrogen and oxygen atoms in total. The van der Waals surface area contributed by atoms with Crippen LogP contribution < -0.4 is 15.4 Å². The highest BCUT2D eigenvalue weighted by atomic mass is 32.2. The van der Waals surface area contributed by atoms with Crippen molar-refractivity contribution in [1.29, 1.82) is 0 Å². The maximum absolute atomic E-state index is 12.5. The zero-order valence-corrected chi connectivity index (χ0v) is 19.2. The van der Waals surface area contributed by atoms with Gasteiger partial charge in [-0.2, -0.15) is 4.68 Å². The van der Waals surface area contributed by atoms with E-state index in [-0.39, 0.29) is 17.6 Å². The molecule has 0 bridgehead atoms. The monoisotopic (exact) mass is 474 g/mol. The molecule has 0 unspecified atom stereocenters. The second-order valence-electron chi connectivity index (χ2n) is 7.03. The number of carbonyl (C=O) groups excluding carboxylic acids is 2. The summed E-state index contributed by atoms with van der Waals surface area (Å²) >= 11 is 1.23. The fourth-order valence-corrected chi connectivity index (χ4v) is 3.73. The molecule has 3 aromatic carbocycles. The molecule has 0 fully saturated rings. The molecule has 4 aromatic rings. The van der Waals surface area contributed by atoms with Crippen LogP contribution in [0.4, 0.5) is 11.4 Å². The summed E-state index contributed by atoms with van der Waals surface area (Å²) < 4.78 is 6.98. The van der Waals surface area contributed by atoms with Crippen molar-refractivity contribution < 1.29 is 14.3 Å². The molecule has 172 valence electrons. The SMILES string of the molecule is CCOc1ccc(NC(=O)c2ccc(NC(=O)CSc3nnnn3-c3ccccc3)cc2)cc1. The van der Waals surface area contributed by atoms with Gasteiger partial charge in [0.1, 0.15) is 5.75 Å². The van der Waals surface area contributed by atoms with Crippen molar-refractivity contribution in [2.24, 2.45) is 0 Å². The number of carbonyl (C=O) groups is 2. The van der Waals surface area contributed by atoms with E-state index in [0.717, 1.165) is 11.4 Å². The molecule has 0 radical (unpaired) electrons. The van der Waals surface area contributed by atoms with E-state index in [4.69, 9.17) is 4.74 Å². The Bertz CT molecular complexity index is 1240. The second-order valence-corrected chi connectivity index (χ2v) is 7.98. The number of anilines is 2. The third-order valence-corrected chi connectivity index (χ3v) is 5.55. The van der Waals surface area contributed by atoms with Crippen LogP contribution in [0.3, 0.4) is 0 Å². The van der Waals surface area contributed by atoms with Gasteiger partial charge in [0, 0.05) is 16.9 Å². The predicted molar refractivity (Wildman–Crippen MR) is 131 cm³/mol. The van der Waals surface area contributed by atoms with Gasteiger partial charge in [0.15, 0.2) is 0 Å². The van der Waals surface area contributed by atoms with Gasteiger partial charge in [0.25, 0.3) is 5.91 Å². The minimum Gasteiger partial charge on any atom is -0.494 e. The number of nitrogens with one attached hydrogen (secondary N) is 2. The summed E-state index contributed by atoms with van der Waals surface area (Å²) in [4.78, 5) is 24.9. The van der Waals surface area contributed by atoms with E-state index in [2.05, 4.69) is 26.2 Å². The van der Waals surface area contributed by atoms with E-state index in [1.165, 1.54) is 11.8 Å². The molecule has 0 saturated carbocycles. The first-order chi connectivity index (χ1) is 16.6. The predicted octanol–water partition coefficient (Wildman–Crippen LogP) is 4.04. The Morgan fingerprint density at radius 2 is 1.59 bits per heavy atom. The average molecular weight is 475 g/mol. The lowest BCUT2D eigenvalue weighted by Gasteiger charge is -2.09. The molecule has 0 saturated heterocycles. The number of tetrazole rings is 1. The minimum atomic E-state index is -0.245. The van der Waals surface area contributed by atoms with Crippen LogP contribution in [0, 0.1) is 0 Å². The Morgan fingerprint density at radius 1 is 0.912 bits per heavy atom. The first-order valence-electron chi connectivity index (χ1n) is 10.5. The summed E-state index contributed by atoms with van der Waals surface area (Å²) in [5, 5.41) is 17.8. The molecule has 4 rings (SSSR count). The average Bonchev–Trinajstić information content (AvgIpc) is 3.34. The highest BCUT2D eigenvalue weighted by Crippen LogP contribution is 2.19. The molecule has 0 atom stereocenters. The van der Waals surface area contributed by atoms with Crippen LogP contribution in [0.15, 0.2) is 84.0 Å². The van der Waals surface area contributed by atoms with E-state index in [9.17, 15) is 9.59 Å². The van der Waals surface area contributed by atoms with Crippen LogP contribution in [0.2, 0.25) is 0 Å². The van der Waals surface area contributed by atoms with E-state index < -0.39 is 0 Å². The molecule has 0 aliphatic heterocycles. The fourth-order valence-electron chi connectivity index (χ4n) is 3.04. The number of benzene rings is 3. The zero-order valence-electron chi connectivity index (χ0n) is 18.3. The number of thioether (sulfide) groups is 1. The quantitative estimate of drug-likeness (QED) is 0.352. The van der Waals surface area contributed by atoms with Gasteiger partial charge in [-0.15, -0.1) is 5.10 Å². The Balaban J connectivity index is 1.29. The van der Waals surface area contributed by atoms with Crippen LogP contribution >= 0.6 is 11.8 Å². The zero-order chi connectivity index (χ0) is 23.8. The number of amides is 2. The number of hydrogen-bond acceptors (Lipinski definition) is 7. The van der Waals surface area contributed by atoms with E-state index >= 15 is 0 Å². The lowest BCUT2D eigenvalue weighted by atomic mass is 10.2. The van der Waals surface area contributed by atoms with E-state index in [1.807, 2.05) is 37.3 Å². The Kier molecular flexibility index (Phi) is 7.51. The summed E-state index contributed by atoms with van der Waals surface area (Å²) in [7, 11) is 0. The largest absolute Gasteiger partial charge is 0.494 e. The number of rotatable bonds is 9. The maximum atomic E-state index is 12.5. The van der Waals surface area contributed by atoms with Crippen molar-refractivity contribution >= 4 is 35.0 Å². The molecule has 0 spiro atoms. The summed E-state index contributed by atoms with van der Waals surface area (Å²) in [6.07, 6.45) is 0. The van der Waals surface area contributed by atoms with Crippen LogP contribution in [-0.4, -0.2) is 44.4 Å². The highest BCUT2D eigenvalue weighted by Gasteiger charge is 2.12. The Labute approximate surface area is 200 Å². The smallest absolute Gasteiger partial charge is 0.255 e. The van der Waals surface area contributed by atoms with Gasteiger partial charge in [0.2, 0.25) is 11.1 Å². The first-order valence-corrected chi connectivity index (χ1v) is 11.5. The molecule has 10 heteroatoms. The molecule has 1 heterocycles. The maximum Gasteiger partial charge on any atom is 0.255 e. The molecule has 2 amide bonds. The van der Waals surface area contributed by atoms with E-state index in [0.29, 0.717) is 28.7 Å². The van der Waals surface area contributed by atoms with E-state index in [1.54, 1.807) is 53.2 Å². The number of para-hydroxylation sites is 1. The lowest BCUT2D eigenvalue weighted by Crippen LogP contribution is -2.15. The van der Waals surface area contributed by atoms with Crippen molar-refractivity contribution in [3.05, 3.63) is 84.4 Å². The van der Waals surface area contributed by atoms with Crippen LogP contribution in [0.1, 0.15) is 17.3 Å². The normalized spacial score (nSPS) is 10.5. The van der Waals surface area contributed by atoms with Crippen molar-refractivity contribution in [3.8, 4) is 11.4 Å². The van der Waals surface area contributed by atoms with Gasteiger partial charge in [-0.1, -0.05) is 30.0 Å². The summed E-state index contributed by atoms with van der Waals surface area (Å²) in [5.41, 5.74) is 2.55. The highest BCUT2D eigenvalue weighted by molar-refractivity contribution is 7.99. The van der Waals surface area contributed by atoms with Gasteiger partial charge in [0.05, 0.1) is 18.0 Å². The van der Waals surface area contributed by atoms with Gasteiger partial charge in [-0.05, 0) is 78.0 Å². The molecule has 2 N–H and O–H groups in total. The summed E-state index contributed by atoms with van der Waals surface area (Å²) in [6.45, 7) is 2.50. The van der Waals surface area contributed by atoms with Gasteiger partial charge in [-0.3, -0.25) is 9.59 Å². The van der Waals surface area contributed by atoms with Gasteiger partial charge in [-0.25, -0.2) is 0 Å².